The first kappa shape index (κ1) is 10.5. The Balaban J connectivity index is 2.19. The van der Waals surface area contributed by atoms with Crippen LogP contribution in [0.5, 0.6) is 5.75 Å². The van der Waals surface area contributed by atoms with Gasteiger partial charge >= 0.3 is 6.09 Å². The highest BCUT2D eigenvalue weighted by atomic mass is 16.6. The van der Waals surface area contributed by atoms with Gasteiger partial charge in [0.05, 0.1) is 0 Å². The SMILES string of the molecule is CC(c1ccc(O)cc1)C1OC(=O)NC1=O. The summed E-state index contributed by atoms with van der Waals surface area (Å²) in [6.45, 7) is 1.79. The quantitative estimate of drug-likeness (QED) is 0.784. The zero-order chi connectivity index (χ0) is 11.7. The number of imide groups is 1. The molecule has 0 saturated carbocycles. The van der Waals surface area contributed by atoms with Gasteiger partial charge in [-0.15, -0.1) is 0 Å². The second-order valence-electron chi connectivity index (χ2n) is 3.70. The smallest absolute Gasteiger partial charge is 0.414 e. The molecule has 0 radical (unpaired) electrons. The molecular formula is C11H11NO4. The third kappa shape index (κ3) is 1.84. The van der Waals surface area contributed by atoms with Crippen molar-refractivity contribution in [3.8, 4) is 5.75 Å². The lowest BCUT2D eigenvalue weighted by molar-refractivity contribution is -0.124. The Morgan fingerprint density at radius 3 is 2.44 bits per heavy atom. The normalized spacial score (nSPS) is 21.4. The van der Waals surface area contributed by atoms with E-state index in [0.717, 1.165) is 5.56 Å². The van der Waals surface area contributed by atoms with E-state index in [2.05, 4.69) is 5.32 Å². The first-order valence-corrected chi connectivity index (χ1v) is 4.88. The topological polar surface area (TPSA) is 75.6 Å². The maximum absolute atomic E-state index is 11.4. The number of carbonyl (C=O) groups excluding carboxylic acids is 2. The summed E-state index contributed by atoms with van der Waals surface area (Å²) in [5, 5.41) is 11.2. The summed E-state index contributed by atoms with van der Waals surface area (Å²) in [6, 6.07) is 6.44. The number of benzene rings is 1. The van der Waals surface area contributed by atoms with Gasteiger partial charge in [-0.25, -0.2) is 4.79 Å². The van der Waals surface area contributed by atoms with E-state index < -0.39 is 18.1 Å². The molecule has 2 N–H and O–H groups in total. The van der Waals surface area contributed by atoms with Crippen molar-refractivity contribution in [3.05, 3.63) is 29.8 Å². The van der Waals surface area contributed by atoms with E-state index in [9.17, 15) is 9.59 Å². The zero-order valence-electron chi connectivity index (χ0n) is 8.64. The summed E-state index contributed by atoms with van der Waals surface area (Å²) in [4.78, 5) is 22.2. The highest BCUT2D eigenvalue weighted by Gasteiger charge is 2.37. The van der Waals surface area contributed by atoms with Crippen molar-refractivity contribution in [1.82, 2.24) is 5.32 Å². The first-order chi connectivity index (χ1) is 7.58. The lowest BCUT2D eigenvalue weighted by Crippen LogP contribution is -2.28. The molecule has 5 heteroatoms. The molecule has 16 heavy (non-hydrogen) atoms. The Kier molecular flexibility index (Phi) is 2.52. The van der Waals surface area contributed by atoms with Crippen LogP contribution in [-0.4, -0.2) is 23.2 Å². The number of aromatic hydroxyl groups is 1. The Hall–Kier alpha value is -2.04. The molecule has 0 bridgehead atoms. The Morgan fingerprint density at radius 1 is 1.31 bits per heavy atom. The van der Waals surface area contributed by atoms with Crippen molar-refractivity contribution in [2.75, 3.05) is 0 Å². The van der Waals surface area contributed by atoms with Crippen LogP contribution < -0.4 is 5.32 Å². The van der Waals surface area contributed by atoms with Gasteiger partial charge < -0.3 is 9.84 Å². The van der Waals surface area contributed by atoms with E-state index in [0.29, 0.717) is 0 Å². The third-order valence-corrected chi connectivity index (χ3v) is 2.59. The fourth-order valence-electron chi connectivity index (χ4n) is 1.65. The summed E-state index contributed by atoms with van der Waals surface area (Å²) in [7, 11) is 0. The van der Waals surface area contributed by atoms with E-state index >= 15 is 0 Å². The largest absolute Gasteiger partial charge is 0.508 e. The number of cyclic esters (lactones) is 1. The monoisotopic (exact) mass is 221 g/mol. The van der Waals surface area contributed by atoms with Crippen LogP contribution >= 0.6 is 0 Å². The van der Waals surface area contributed by atoms with Crippen molar-refractivity contribution < 1.29 is 19.4 Å². The summed E-state index contributed by atoms with van der Waals surface area (Å²) in [6.07, 6.45) is -1.50. The minimum atomic E-state index is -0.794. The van der Waals surface area contributed by atoms with Crippen LogP contribution in [0, 0.1) is 0 Å². The van der Waals surface area contributed by atoms with Gasteiger partial charge in [0.2, 0.25) is 0 Å². The molecule has 2 atom stereocenters. The van der Waals surface area contributed by atoms with Gasteiger partial charge in [0.15, 0.2) is 6.10 Å². The van der Waals surface area contributed by atoms with Crippen LogP contribution in [0.4, 0.5) is 4.79 Å². The number of hydrogen-bond acceptors (Lipinski definition) is 4. The standard InChI is InChI=1S/C11H11NO4/c1-6(7-2-4-8(13)5-3-7)9-10(14)12-11(15)16-9/h2-6,9,13H,1H3,(H,12,14,15). The number of hydrogen-bond donors (Lipinski definition) is 2. The average Bonchev–Trinajstić information content (AvgIpc) is 2.58. The number of phenols is 1. The van der Waals surface area contributed by atoms with Crippen LogP contribution in [0.25, 0.3) is 0 Å². The molecule has 1 fully saturated rings. The fraction of sp³-hybridized carbons (Fsp3) is 0.273. The summed E-state index contributed by atoms with van der Waals surface area (Å²) < 4.78 is 4.86. The lowest BCUT2D eigenvalue weighted by Gasteiger charge is -2.15. The van der Waals surface area contributed by atoms with Crippen LogP contribution in [0.2, 0.25) is 0 Å². The maximum atomic E-state index is 11.4. The third-order valence-electron chi connectivity index (χ3n) is 2.59. The molecule has 1 aliphatic rings. The predicted molar refractivity (Wildman–Crippen MR) is 54.9 cm³/mol. The molecule has 0 aliphatic carbocycles. The van der Waals surface area contributed by atoms with Crippen molar-refractivity contribution >= 4 is 12.0 Å². The fourth-order valence-corrected chi connectivity index (χ4v) is 1.65. The number of carbonyl (C=O) groups is 2. The highest BCUT2D eigenvalue weighted by molar-refractivity contribution is 6.00. The summed E-state index contributed by atoms with van der Waals surface area (Å²) >= 11 is 0. The van der Waals surface area contributed by atoms with Crippen molar-refractivity contribution in [2.45, 2.75) is 18.9 Å². The van der Waals surface area contributed by atoms with Crippen LogP contribution in [-0.2, 0) is 9.53 Å². The second-order valence-corrected chi connectivity index (χ2v) is 3.70. The number of amides is 2. The van der Waals surface area contributed by atoms with Gasteiger partial charge in [-0.05, 0) is 17.7 Å². The maximum Gasteiger partial charge on any atom is 0.414 e. The number of nitrogens with one attached hydrogen (secondary N) is 1. The van der Waals surface area contributed by atoms with Gasteiger partial charge in [-0.3, -0.25) is 10.1 Å². The number of rotatable bonds is 2. The van der Waals surface area contributed by atoms with Crippen molar-refractivity contribution in [1.29, 1.82) is 0 Å². The molecule has 2 rings (SSSR count). The highest BCUT2D eigenvalue weighted by Crippen LogP contribution is 2.25. The van der Waals surface area contributed by atoms with Crippen molar-refractivity contribution in [2.24, 2.45) is 0 Å². The van der Waals surface area contributed by atoms with E-state index in [4.69, 9.17) is 9.84 Å². The van der Waals surface area contributed by atoms with E-state index in [-0.39, 0.29) is 11.7 Å². The Morgan fingerprint density at radius 2 is 1.94 bits per heavy atom. The van der Waals surface area contributed by atoms with Gasteiger partial charge in [-0.2, -0.15) is 0 Å². The van der Waals surface area contributed by atoms with Gasteiger partial charge in [0.25, 0.3) is 5.91 Å². The minimum absolute atomic E-state index is 0.156. The molecule has 1 aromatic rings. The van der Waals surface area contributed by atoms with Crippen LogP contribution in [0.15, 0.2) is 24.3 Å². The zero-order valence-corrected chi connectivity index (χ0v) is 8.64. The minimum Gasteiger partial charge on any atom is -0.508 e. The molecule has 84 valence electrons. The first-order valence-electron chi connectivity index (χ1n) is 4.88. The van der Waals surface area contributed by atoms with Crippen molar-refractivity contribution in [3.63, 3.8) is 0 Å². The molecule has 1 aromatic carbocycles. The molecule has 5 nitrogen and oxygen atoms in total. The molecule has 1 heterocycles. The van der Waals surface area contributed by atoms with Crippen LogP contribution in [0.1, 0.15) is 18.4 Å². The molecule has 0 spiro atoms. The van der Waals surface area contributed by atoms with E-state index in [1.807, 2.05) is 0 Å². The van der Waals surface area contributed by atoms with E-state index in [1.54, 1.807) is 19.1 Å². The Labute approximate surface area is 92.0 Å². The predicted octanol–water partition coefficient (Wildman–Crippen LogP) is 1.13. The number of alkyl carbamates (subject to hydrolysis) is 1. The van der Waals surface area contributed by atoms with Crippen LogP contribution in [0.3, 0.4) is 0 Å². The Bertz CT molecular complexity index is 426. The molecule has 1 aliphatic heterocycles. The summed E-state index contributed by atoms with van der Waals surface area (Å²) in [5.41, 5.74) is 0.827. The molecular weight excluding hydrogens is 210 g/mol. The van der Waals surface area contributed by atoms with Gasteiger partial charge in [0, 0.05) is 5.92 Å². The summed E-state index contributed by atoms with van der Waals surface area (Å²) in [5.74, 6) is -0.513. The van der Waals surface area contributed by atoms with Gasteiger partial charge in [-0.1, -0.05) is 19.1 Å². The molecule has 0 aromatic heterocycles. The number of ether oxygens (including phenoxy) is 1. The lowest BCUT2D eigenvalue weighted by atomic mass is 9.95. The number of phenolic OH excluding ortho intramolecular Hbond substituents is 1. The second kappa shape index (κ2) is 3.84. The molecule has 1 saturated heterocycles. The molecule has 2 amide bonds. The van der Waals surface area contributed by atoms with E-state index in [1.165, 1.54) is 12.1 Å². The average molecular weight is 221 g/mol. The molecule has 2 unspecified atom stereocenters. The van der Waals surface area contributed by atoms with Gasteiger partial charge in [0.1, 0.15) is 5.75 Å².